The predicted octanol–water partition coefficient (Wildman–Crippen LogP) is 2.40. The van der Waals surface area contributed by atoms with Gasteiger partial charge in [-0.3, -0.25) is 14.0 Å². The number of amides is 2. The summed E-state index contributed by atoms with van der Waals surface area (Å²) < 4.78 is 1.77. The lowest BCUT2D eigenvalue weighted by atomic mass is 10.1. The van der Waals surface area contributed by atoms with Crippen LogP contribution in [0.1, 0.15) is 20.7 Å². The first kappa shape index (κ1) is 17.3. The quantitative estimate of drug-likeness (QED) is 0.573. The third-order valence-corrected chi connectivity index (χ3v) is 4.24. The van der Waals surface area contributed by atoms with Crippen molar-refractivity contribution in [1.29, 1.82) is 0 Å². The van der Waals surface area contributed by atoms with E-state index >= 15 is 0 Å². The van der Waals surface area contributed by atoms with E-state index in [1.165, 1.54) is 0 Å². The van der Waals surface area contributed by atoms with Gasteiger partial charge in [0.25, 0.3) is 17.6 Å². The molecule has 8 nitrogen and oxygen atoms in total. The lowest BCUT2D eigenvalue weighted by molar-refractivity contribution is 0.0964. The van der Waals surface area contributed by atoms with E-state index in [1.54, 1.807) is 72.2 Å². The van der Waals surface area contributed by atoms with E-state index in [-0.39, 0.29) is 11.8 Å². The zero-order chi connectivity index (χ0) is 19.5. The first-order valence-corrected chi connectivity index (χ1v) is 8.56. The maximum Gasteiger partial charge on any atom is 0.255 e. The third kappa shape index (κ3) is 3.18. The maximum atomic E-state index is 12.6. The van der Waals surface area contributed by atoms with Gasteiger partial charge in [0, 0.05) is 30.6 Å². The molecule has 8 heteroatoms. The summed E-state index contributed by atoms with van der Waals surface area (Å²) in [7, 11) is 1.55. The second-order valence-corrected chi connectivity index (χ2v) is 5.97. The molecule has 2 amide bonds. The number of benzene rings is 2. The van der Waals surface area contributed by atoms with Gasteiger partial charge in [0.15, 0.2) is 5.82 Å². The molecular weight excluding hydrogens is 356 g/mol. The minimum atomic E-state index is -0.310. The minimum Gasteiger partial charge on any atom is -0.355 e. The largest absolute Gasteiger partial charge is 0.355 e. The minimum absolute atomic E-state index is 0.265. The van der Waals surface area contributed by atoms with Crippen LogP contribution in [-0.4, -0.2) is 38.4 Å². The molecule has 0 aliphatic heterocycles. The molecule has 2 aromatic heterocycles. The highest BCUT2D eigenvalue weighted by atomic mass is 16.2. The van der Waals surface area contributed by atoms with Gasteiger partial charge >= 0.3 is 0 Å². The van der Waals surface area contributed by atoms with Crippen LogP contribution >= 0.6 is 0 Å². The standard InChI is InChI=1S/C20H16N6O2/c1-21-19(28)15-5-2-3-6-16(15)23-18(27)14-9-7-13(8-10-14)17-24-25-20-22-11-4-12-26(17)20/h2-12H,1H3,(H,21,28)(H,23,27). The fraction of sp³-hybridized carbons (Fsp3) is 0.0500. The third-order valence-electron chi connectivity index (χ3n) is 4.24. The second kappa shape index (κ2) is 7.28. The molecular formula is C20H16N6O2. The molecule has 0 unspecified atom stereocenters. The summed E-state index contributed by atoms with van der Waals surface area (Å²) in [5.74, 6) is 0.569. The molecule has 4 rings (SSSR count). The lowest BCUT2D eigenvalue weighted by Gasteiger charge is -2.10. The van der Waals surface area contributed by atoms with Crippen LogP contribution in [0.5, 0.6) is 0 Å². The number of rotatable bonds is 4. The Morgan fingerprint density at radius 3 is 2.50 bits per heavy atom. The van der Waals surface area contributed by atoms with Gasteiger partial charge in [-0.1, -0.05) is 24.3 Å². The van der Waals surface area contributed by atoms with Crippen molar-refractivity contribution in [2.24, 2.45) is 0 Å². The number of aromatic nitrogens is 4. The molecule has 0 spiro atoms. The molecule has 0 radical (unpaired) electrons. The van der Waals surface area contributed by atoms with E-state index in [2.05, 4.69) is 25.8 Å². The predicted molar refractivity (Wildman–Crippen MR) is 104 cm³/mol. The van der Waals surface area contributed by atoms with E-state index < -0.39 is 0 Å². The molecule has 0 aliphatic rings. The molecule has 4 aromatic rings. The first-order valence-electron chi connectivity index (χ1n) is 8.56. The average Bonchev–Trinajstić information content (AvgIpc) is 3.18. The molecule has 0 saturated carbocycles. The molecule has 0 bridgehead atoms. The average molecular weight is 372 g/mol. The van der Waals surface area contributed by atoms with Crippen LogP contribution in [-0.2, 0) is 0 Å². The summed E-state index contributed by atoms with van der Waals surface area (Å²) in [6.45, 7) is 0. The van der Waals surface area contributed by atoms with Crippen LogP contribution in [0.3, 0.4) is 0 Å². The number of fused-ring (bicyclic) bond motifs is 1. The highest BCUT2D eigenvalue weighted by Gasteiger charge is 2.14. The zero-order valence-electron chi connectivity index (χ0n) is 15.0. The van der Waals surface area contributed by atoms with Crippen LogP contribution < -0.4 is 10.6 Å². The van der Waals surface area contributed by atoms with E-state index in [0.29, 0.717) is 28.4 Å². The van der Waals surface area contributed by atoms with Crippen molar-refractivity contribution in [3.8, 4) is 11.4 Å². The van der Waals surface area contributed by atoms with Crippen molar-refractivity contribution >= 4 is 23.3 Å². The highest BCUT2D eigenvalue weighted by molar-refractivity contribution is 6.09. The molecule has 2 heterocycles. The summed E-state index contributed by atoms with van der Waals surface area (Å²) in [5.41, 5.74) is 2.12. The number of anilines is 1. The van der Waals surface area contributed by atoms with E-state index in [4.69, 9.17) is 0 Å². The fourth-order valence-electron chi connectivity index (χ4n) is 2.83. The topological polar surface area (TPSA) is 101 Å². The van der Waals surface area contributed by atoms with Crippen molar-refractivity contribution < 1.29 is 9.59 Å². The smallest absolute Gasteiger partial charge is 0.255 e. The van der Waals surface area contributed by atoms with Gasteiger partial charge < -0.3 is 10.6 Å². The Morgan fingerprint density at radius 1 is 0.929 bits per heavy atom. The first-order chi connectivity index (χ1) is 13.7. The monoisotopic (exact) mass is 372 g/mol. The van der Waals surface area contributed by atoms with E-state index in [1.807, 2.05) is 6.20 Å². The summed E-state index contributed by atoms with van der Waals surface area (Å²) >= 11 is 0. The maximum absolute atomic E-state index is 12.6. The normalized spacial score (nSPS) is 10.6. The Morgan fingerprint density at radius 2 is 1.71 bits per heavy atom. The Labute approximate surface area is 160 Å². The van der Waals surface area contributed by atoms with Gasteiger partial charge in [-0.15, -0.1) is 10.2 Å². The number of nitrogens with zero attached hydrogens (tertiary/aromatic N) is 4. The van der Waals surface area contributed by atoms with Crippen molar-refractivity contribution in [3.05, 3.63) is 78.1 Å². The zero-order valence-corrected chi connectivity index (χ0v) is 15.0. The van der Waals surface area contributed by atoms with Gasteiger partial charge in [-0.25, -0.2) is 4.98 Å². The number of para-hydroxylation sites is 1. The summed E-state index contributed by atoms with van der Waals surface area (Å²) in [6.07, 6.45) is 3.48. The van der Waals surface area contributed by atoms with Gasteiger partial charge in [0.2, 0.25) is 0 Å². The number of nitrogens with one attached hydrogen (secondary N) is 2. The number of hydrogen-bond acceptors (Lipinski definition) is 5. The molecule has 2 N–H and O–H groups in total. The number of carbonyl (C=O) groups is 2. The van der Waals surface area contributed by atoms with Crippen molar-refractivity contribution in [2.45, 2.75) is 0 Å². The fourth-order valence-corrected chi connectivity index (χ4v) is 2.83. The molecule has 0 fully saturated rings. The van der Waals surface area contributed by atoms with Crippen LogP contribution in [0.4, 0.5) is 5.69 Å². The summed E-state index contributed by atoms with van der Waals surface area (Å²) in [5, 5.41) is 13.5. The van der Waals surface area contributed by atoms with Crippen LogP contribution in [0.15, 0.2) is 67.0 Å². The Balaban J connectivity index is 1.58. The van der Waals surface area contributed by atoms with Crippen LogP contribution in [0.2, 0.25) is 0 Å². The van der Waals surface area contributed by atoms with Gasteiger partial charge in [0.1, 0.15) is 0 Å². The molecule has 0 aliphatic carbocycles. The number of hydrogen-bond donors (Lipinski definition) is 2. The molecule has 0 atom stereocenters. The Bertz CT molecular complexity index is 1170. The van der Waals surface area contributed by atoms with Gasteiger partial charge in [0.05, 0.1) is 11.3 Å². The molecule has 2 aromatic carbocycles. The summed E-state index contributed by atoms with van der Waals surface area (Å²) in [4.78, 5) is 28.7. The van der Waals surface area contributed by atoms with Crippen LogP contribution in [0.25, 0.3) is 17.2 Å². The van der Waals surface area contributed by atoms with Crippen molar-refractivity contribution in [2.75, 3.05) is 12.4 Å². The van der Waals surface area contributed by atoms with Crippen molar-refractivity contribution in [1.82, 2.24) is 24.9 Å². The highest BCUT2D eigenvalue weighted by Crippen LogP contribution is 2.20. The molecule has 0 saturated heterocycles. The van der Waals surface area contributed by atoms with Crippen LogP contribution in [0, 0.1) is 0 Å². The molecule has 138 valence electrons. The summed E-state index contributed by atoms with van der Waals surface area (Å²) in [6, 6.07) is 15.6. The van der Waals surface area contributed by atoms with E-state index in [0.717, 1.165) is 5.56 Å². The lowest BCUT2D eigenvalue weighted by Crippen LogP contribution is -2.21. The van der Waals surface area contributed by atoms with Gasteiger partial charge in [-0.05, 0) is 30.3 Å². The number of carbonyl (C=O) groups excluding carboxylic acids is 2. The van der Waals surface area contributed by atoms with Crippen molar-refractivity contribution in [3.63, 3.8) is 0 Å². The second-order valence-electron chi connectivity index (χ2n) is 5.97. The SMILES string of the molecule is CNC(=O)c1ccccc1NC(=O)c1ccc(-c2nnc3ncccn23)cc1. The Kier molecular flexibility index (Phi) is 4.51. The molecule has 28 heavy (non-hydrogen) atoms. The van der Waals surface area contributed by atoms with Gasteiger partial charge in [-0.2, -0.15) is 0 Å². The van der Waals surface area contributed by atoms with E-state index in [9.17, 15) is 9.59 Å². The Hall–Kier alpha value is -4.07.